The number of ether oxygens (including phenoxy) is 6. The van der Waals surface area contributed by atoms with Gasteiger partial charge in [-0.2, -0.15) is 0 Å². The van der Waals surface area contributed by atoms with Crippen LogP contribution in [0.5, 0.6) is 0 Å². The third kappa shape index (κ3) is 21.3. The second-order valence-electron chi connectivity index (χ2n) is 14.8. The number of hydrogen-bond donors (Lipinski definition) is 7. The maximum Gasteiger partial charge on any atom is 0.306 e. The highest BCUT2D eigenvalue weighted by Gasteiger charge is 2.47. The molecule has 14 heteroatoms. The van der Waals surface area contributed by atoms with Crippen molar-refractivity contribution >= 4 is 5.97 Å². The van der Waals surface area contributed by atoms with Crippen LogP contribution >= 0.6 is 0 Å². The smallest absolute Gasteiger partial charge is 0.306 e. The third-order valence-corrected chi connectivity index (χ3v) is 9.76. The van der Waals surface area contributed by atoms with Gasteiger partial charge in [0.1, 0.15) is 54.9 Å². The molecule has 7 N–H and O–H groups in total. The van der Waals surface area contributed by atoms with Crippen molar-refractivity contribution in [3.63, 3.8) is 0 Å². The molecule has 11 atom stereocenters. The first-order chi connectivity index (χ1) is 28.1. The largest absolute Gasteiger partial charge is 0.457 e. The SMILES string of the molecule is CC/C=C\C/C=C\C/C=C\C/C=C\CCC(=O)OC(COCCCCCCCC/C=C\CCC)COC1OC(COC2OC(CO)C(O)C(O)C2O)C(O)C(O)C1O. The fraction of sp³-hybridized carbons (Fsp3) is 0.750. The molecule has 14 nitrogen and oxygen atoms in total. The molecule has 2 fully saturated rings. The van der Waals surface area contributed by atoms with Crippen LogP contribution in [-0.4, -0.2) is 142 Å². The number of carbonyl (C=O) groups is 1. The molecule has 0 radical (unpaired) electrons. The Hall–Kier alpha value is -2.31. The Morgan fingerprint density at radius 3 is 1.76 bits per heavy atom. The highest BCUT2D eigenvalue weighted by atomic mass is 16.7. The summed E-state index contributed by atoms with van der Waals surface area (Å²) in [5.41, 5.74) is 0. The maximum atomic E-state index is 12.9. The normalized spacial score (nSPS) is 28.8. The minimum absolute atomic E-state index is 0.0252. The van der Waals surface area contributed by atoms with Gasteiger partial charge in [-0.1, -0.05) is 107 Å². The van der Waals surface area contributed by atoms with E-state index in [2.05, 4.69) is 62.5 Å². The predicted octanol–water partition coefficient (Wildman–Crippen LogP) is 4.23. The van der Waals surface area contributed by atoms with Gasteiger partial charge in [0.05, 0.1) is 26.4 Å². The summed E-state index contributed by atoms with van der Waals surface area (Å²) in [5.74, 6) is -0.462. The van der Waals surface area contributed by atoms with Crippen LogP contribution in [0.4, 0.5) is 0 Å². The van der Waals surface area contributed by atoms with Crippen molar-refractivity contribution in [3.05, 3.63) is 60.8 Å². The summed E-state index contributed by atoms with van der Waals surface area (Å²) in [4.78, 5) is 12.9. The standard InChI is InChI=1S/C44H74O14/c1-3-5-7-9-11-13-15-16-17-19-21-23-25-27-36(46)56-33(30-53-28-26-24-22-20-18-14-12-10-8-6-4-2)31-54-43-42(52)40(50)38(48)35(58-43)32-55-44-41(51)39(49)37(47)34(29-45)57-44/h5,7-8,10-11,13,16-17,21,23,33-35,37-45,47-52H,3-4,6,9,12,14-15,18-20,22,24-32H2,1-2H3/b7-5-,10-8-,13-11-,17-16-,23-21-. The summed E-state index contributed by atoms with van der Waals surface area (Å²) < 4.78 is 33.9. The summed E-state index contributed by atoms with van der Waals surface area (Å²) in [6.07, 6.45) is 18.9. The highest BCUT2D eigenvalue weighted by molar-refractivity contribution is 5.69. The van der Waals surface area contributed by atoms with E-state index < -0.39 is 86.7 Å². The second-order valence-corrected chi connectivity index (χ2v) is 14.8. The average molecular weight is 827 g/mol. The van der Waals surface area contributed by atoms with Crippen molar-refractivity contribution in [1.82, 2.24) is 0 Å². The lowest BCUT2D eigenvalue weighted by atomic mass is 9.98. The topological polar surface area (TPSA) is 214 Å². The van der Waals surface area contributed by atoms with Gasteiger partial charge in [-0.15, -0.1) is 0 Å². The van der Waals surface area contributed by atoms with E-state index in [1.807, 2.05) is 12.2 Å². The van der Waals surface area contributed by atoms with Gasteiger partial charge in [0.15, 0.2) is 12.6 Å². The van der Waals surface area contributed by atoms with Crippen LogP contribution in [0.3, 0.4) is 0 Å². The molecule has 2 aliphatic rings. The maximum absolute atomic E-state index is 12.9. The van der Waals surface area contributed by atoms with E-state index in [0.29, 0.717) is 13.0 Å². The highest BCUT2D eigenvalue weighted by Crippen LogP contribution is 2.26. The van der Waals surface area contributed by atoms with Crippen molar-refractivity contribution in [2.45, 2.75) is 178 Å². The number of rotatable bonds is 31. The Labute approximate surface area is 345 Å². The minimum Gasteiger partial charge on any atom is -0.457 e. The van der Waals surface area contributed by atoms with E-state index in [0.717, 1.165) is 64.2 Å². The number of esters is 1. The van der Waals surface area contributed by atoms with E-state index in [4.69, 9.17) is 28.4 Å². The number of hydrogen-bond acceptors (Lipinski definition) is 14. The third-order valence-electron chi connectivity index (χ3n) is 9.76. The molecule has 2 heterocycles. The lowest BCUT2D eigenvalue weighted by Crippen LogP contribution is -2.61. The van der Waals surface area contributed by atoms with Crippen molar-refractivity contribution in [2.24, 2.45) is 0 Å². The van der Waals surface area contributed by atoms with Gasteiger partial charge in [-0.25, -0.2) is 0 Å². The molecule has 0 aromatic carbocycles. The fourth-order valence-corrected chi connectivity index (χ4v) is 6.24. The molecule has 0 amide bonds. The number of aliphatic hydroxyl groups excluding tert-OH is 7. The van der Waals surface area contributed by atoms with Gasteiger partial charge < -0.3 is 64.2 Å². The zero-order chi connectivity index (χ0) is 42.4. The quantitative estimate of drug-likeness (QED) is 0.0296. The van der Waals surface area contributed by atoms with Gasteiger partial charge >= 0.3 is 5.97 Å². The Balaban J connectivity index is 1.88. The van der Waals surface area contributed by atoms with Crippen LogP contribution in [-0.2, 0) is 33.2 Å². The number of unbranched alkanes of at least 4 members (excludes halogenated alkanes) is 7. The van der Waals surface area contributed by atoms with Crippen molar-refractivity contribution in [2.75, 3.05) is 33.0 Å². The zero-order valence-corrected chi connectivity index (χ0v) is 34.8. The monoisotopic (exact) mass is 827 g/mol. The summed E-state index contributed by atoms with van der Waals surface area (Å²) in [6, 6.07) is 0. The van der Waals surface area contributed by atoms with Crippen LogP contribution in [0.25, 0.3) is 0 Å². The molecule has 2 rings (SSSR count). The lowest BCUT2D eigenvalue weighted by Gasteiger charge is -2.42. The summed E-state index contributed by atoms with van der Waals surface area (Å²) in [5, 5.41) is 71.7. The van der Waals surface area contributed by atoms with Gasteiger partial charge in [0, 0.05) is 13.0 Å². The van der Waals surface area contributed by atoms with E-state index in [1.54, 1.807) is 0 Å². The molecule has 11 unspecified atom stereocenters. The first kappa shape index (κ1) is 51.8. The number of carbonyl (C=O) groups excluding carboxylic acids is 1. The van der Waals surface area contributed by atoms with E-state index in [-0.39, 0.29) is 19.6 Å². The van der Waals surface area contributed by atoms with Crippen LogP contribution in [0.2, 0.25) is 0 Å². The first-order valence-electron chi connectivity index (χ1n) is 21.4. The molecule has 0 aliphatic carbocycles. The van der Waals surface area contributed by atoms with Gasteiger partial charge in [0.2, 0.25) is 0 Å². The van der Waals surface area contributed by atoms with Crippen molar-refractivity contribution in [3.8, 4) is 0 Å². The molecule has 0 saturated carbocycles. The zero-order valence-electron chi connectivity index (χ0n) is 34.8. The van der Waals surface area contributed by atoms with Gasteiger partial charge in [0.25, 0.3) is 0 Å². The molecule has 0 bridgehead atoms. The van der Waals surface area contributed by atoms with Gasteiger partial charge in [-0.05, 0) is 57.8 Å². The summed E-state index contributed by atoms with van der Waals surface area (Å²) in [7, 11) is 0. The van der Waals surface area contributed by atoms with Crippen LogP contribution < -0.4 is 0 Å². The van der Waals surface area contributed by atoms with Gasteiger partial charge in [-0.3, -0.25) is 4.79 Å². The number of allylic oxidation sites excluding steroid dienone is 10. The Bertz CT molecular complexity index is 1190. The van der Waals surface area contributed by atoms with Crippen LogP contribution in [0.15, 0.2) is 60.8 Å². The van der Waals surface area contributed by atoms with E-state index in [1.165, 1.54) is 19.3 Å². The van der Waals surface area contributed by atoms with Crippen LogP contribution in [0.1, 0.15) is 110 Å². The molecule has 0 aromatic heterocycles. The second kappa shape index (κ2) is 32.5. The summed E-state index contributed by atoms with van der Waals surface area (Å²) in [6.45, 7) is 3.35. The fourth-order valence-electron chi connectivity index (χ4n) is 6.24. The molecule has 334 valence electrons. The van der Waals surface area contributed by atoms with Crippen molar-refractivity contribution < 1.29 is 69.0 Å². The Morgan fingerprint density at radius 2 is 1.12 bits per heavy atom. The summed E-state index contributed by atoms with van der Waals surface area (Å²) >= 11 is 0. The Morgan fingerprint density at radius 1 is 0.586 bits per heavy atom. The molecule has 0 spiro atoms. The van der Waals surface area contributed by atoms with E-state index in [9.17, 15) is 40.5 Å². The average Bonchev–Trinajstić information content (AvgIpc) is 3.22. The molecule has 0 aromatic rings. The van der Waals surface area contributed by atoms with Crippen molar-refractivity contribution in [1.29, 1.82) is 0 Å². The minimum atomic E-state index is -1.72. The molecule has 58 heavy (non-hydrogen) atoms. The molecular formula is C44H74O14. The number of aliphatic hydroxyl groups is 7. The van der Waals surface area contributed by atoms with E-state index >= 15 is 0 Å². The predicted molar refractivity (Wildman–Crippen MR) is 219 cm³/mol. The molecule has 2 aliphatic heterocycles. The Kier molecular flexibility index (Phi) is 29.0. The first-order valence-corrected chi connectivity index (χ1v) is 21.4. The lowest BCUT2D eigenvalue weighted by molar-refractivity contribution is -0.332. The molecular weight excluding hydrogens is 752 g/mol. The molecule has 2 saturated heterocycles. The van der Waals surface area contributed by atoms with Crippen LogP contribution in [0, 0.1) is 0 Å².